The van der Waals surface area contributed by atoms with Gasteiger partial charge in [0.1, 0.15) is 0 Å². The van der Waals surface area contributed by atoms with Gasteiger partial charge >= 0.3 is 11.9 Å². The van der Waals surface area contributed by atoms with Crippen LogP contribution in [0.15, 0.2) is 56.0 Å². The zero-order valence-electron chi connectivity index (χ0n) is 21.4. The second kappa shape index (κ2) is 15.7. The van der Waals surface area contributed by atoms with Crippen LogP contribution in [0, 0.1) is 0 Å². The predicted molar refractivity (Wildman–Crippen MR) is 149 cm³/mol. The van der Waals surface area contributed by atoms with Crippen LogP contribution in [0.25, 0.3) is 0 Å². The van der Waals surface area contributed by atoms with Crippen LogP contribution in [0.3, 0.4) is 0 Å². The highest BCUT2D eigenvalue weighted by atomic mass is 32.2. The van der Waals surface area contributed by atoms with Crippen LogP contribution < -0.4 is 0 Å². The second-order valence-electron chi connectivity index (χ2n) is 7.30. The van der Waals surface area contributed by atoms with Gasteiger partial charge < -0.3 is 19.3 Å². The Bertz CT molecular complexity index is 1030. The highest BCUT2D eigenvalue weighted by Gasteiger charge is 2.15. The number of thioether (sulfide) groups is 4. The van der Waals surface area contributed by atoms with Gasteiger partial charge in [-0.05, 0) is 72.4 Å². The molecule has 0 aliphatic carbocycles. The number of esters is 2. The summed E-state index contributed by atoms with van der Waals surface area (Å²) in [4.78, 5) is 52.8. The van der Waals surface area contributed by atoms with Gasteiger partial charge in [0.15, 0.2) is 0 Å². The maximum Gasteiger partial charge on any atom is 0.337 e. The molecule has 196 valence electrons. The minimum absolute atomic E-state index is 0.170. The van der Waals surface area contributed by atoms with Crippen LogP contribution in [0.1, 0.15) is 20.7 Å². The number of nitrogens with zero attached hydrogens (tertiary/aromatic N) is 2. The second-order valence-corrected chi connectivity index (χ2v) is 11.1. The summed E-state index contributed by atoms with van der Waals surface area (Å²) in [5, 5.41) is -0.339. The summed E-state index contributed by atoms with van der Waals surface area (Å²) in [5.74, 6) is -0.796. The molecule has 2 aromatic rings. The highest BCUT2D eigenvalue weighted by Crippen LogP contribution is 2.30. The first kappa shape index (κ1) is 31.7. The number of amides is 2. The fraction of sp³-hybridized carbons (Fsp3) is 0.333. The predicted octanol–water partition coefficient (Wildman–Crippen LogP) is 5.94. The number of benzene rings is 2. The van der Waals surface area contributed by atoms with Crippen molar-refractivity contribution in [2.24, 2.45) is 0 Å². The molecule has 2 amide bonds. The number of ether oxygens (including phenoxy) is 2. The fourth-order valence-electron chi connectivity index (χ4n) is 2.35. The molecule has 0 saturated carbocycles. The Morgan fingerprint density at radius 2 is 0.889 bits per heavy atom. The molecule has 0 aromatic heterocycles. The molecular formula is C24H30N2O6S4. The summed E-state index contributed by atoms with van der Waals surface area (Å²) in [7, 11) is 9.25. The van der Waals surface area contributed by atoms with Crippen molar-refractivity contribution in [3.8, 4) is 0 Å². The van der Waals surface area contributed by atoms with E-state index in [1.807, 2.05) is 24.6 Å². The van der Waals surface area contributed by atoms with Crippen LogP contribution >= 0.6 is 47.0 Å². The largest absolute Gasteiger partial charge is 0.465 e. The molecule has 0 spiro atoms. The van der Waals surface area contributed by atoms with E-state index in [2.05, 4.69) is 10.8 Å². The van der Waals surface area contributed by atoms with Crippen molar-refractivity contribution < 1.29 is 28.7 Å². The van der Waals surface area contributed by atoms with Crippen LogP contribution in [0.4, 0.5) is 9.59 Å². The van der Waals surface area contributed by atoms with E-state index in [9.17, 15) is 19.2 Å². The van der Waals surface area contributed by atoms with Gasteiger partial charge in [-0.15, -0.1) is 23.5 Å². The minimum atomic E-state index is -0.515. The van der Waals surface area contributed by atoms with E-state index in [4.69, 9.17) is 4.74 Å². The molecule has 0 fully saturated rings. The van der Waals surface area contributed by atoms with Gasteiger partial charge in [0.05, 0.1) is 25.3 Å². The standard InChI is InChI=1S/C14H18N2O4S2.C10H12O2S2/c1-15(2)13(18)21-10-6-9(12(17)20-5)7-11(8-10)22-14(19)16(3)4;1-12-10(11)7-4-8(13-2)6-9(5-7)14-3/h6-8H,1-5H3;4-6H,1-3H3. The van der Waals surface area contributed by atoms with E-state index in [1.165, 1.54) is 24.0 Å². The van der Waals surface area contributed by atoms with Crippen molar-refractivity contribution in [3.63, 3.8) is 0 Å². The Morgan fingerprint density at radius 1 is 0.583 bits per heavy atom. The fourth-order valence-corrected chi connectivity index (χ4v) is 4.99. The monoisotopic (exact) mass is 570 g/mol. The minimum Gasteiger partial charge on any atom is -0.465 e. The summed E-state index contributed by atoms with van der Waals surface area (Å²) >= 11 is 5.21. The smallest absolute Gasteiger partial charge is 0.337 e. The van der Waals surface area contributed by atoms with Gasteiger partial charge in [0.2, 0.25) is 0 Å². The summed E-state index contributed by atoms with van der Waals surface area (Å²) < 4.78 is 9.38. The summed E-state index contributed by atoms with van der Waals surface area (Å²) in [6, 6.07) is 10.6. The molecule has 0 atom stereocenters. The molecule has 0 radical (unpaired) electrons. The van der Waals surface area contributed by atoms with E-state index in [0.717, 1.165) is 33.3 Å². The maximum absolute atomic E-state index is 11.8. The van der Waals surface area contributed by atoms with Crippen molar-refractivity contribution in [3.05, 3.63) is 47.5 Å². The lowest BCUT2D eigenvalue weighted by atomic mass is 10.2. The first-order valence-electron chi connectivity index (χ1n) is 10.3. The number of carbonyl (C=O) groups excluding carboxylic acids is 4. The average molecular weight is 571 g/mol. The molecule has 2 aromatic carbocycles. The lowest BCUT2D eigenvalue weighted by molar-refractivity contribution is 0.0591. The molecule has 0 N–H and O–H groups in total. The Hall–Kier alpha value is -2.28. The number of methoxy groups -OCH3 is 2. The van der Waals surface area contributed by atoms with Crippen molar-refractivity contribution in [1.29, 1.82) is 0 Å². The van der Waals surface area contributed by atoms with Crippen molar-refractivity contribution in [2.75, 3.05) is 54.9 Å². The number of hydrogen-bond acceptors (Lipinski definition) is 10. The van der Waals surface area contributed by atoms with Crippen molar-refractivity contribution in [2.45, 2.75) is 19.6 Å². The van der Waals surface area contributed by atoms with Crippen LogP contribution in [-0.2, 0) is 9.47 Å². The Balaban J connectivity index is 0.000000397. The highest BCUT2D eigenvalue weighted by molar-refractivity contribution is 8.14. The molecule has 2 rings (SSSR count). The molecular weight excluding hydrogens is 541 g/mol. The number of rotatable bonds is 6. The third-order valence-corrected chi connectivity index (χ3v) is 7.65. The molecule has 0 aliphatic heterocycles. The summed E-state index contributed by atoms with van der Waals surface area (Å²) in [6.07, 6.45) is 3.97. The van der Waals surface area contributed by atoms with E-state index in [0.29, 0.717) is 20.9 Å². The first-order valence-corrected chi connectivity index (χ1v) is 14.4. The van der Waals surface area contributed by atoms with Crippen molar-refractivity contribution >= 4 is 69.5 Å². The zero-order valence-corrected chi connectivity index (χ0v) is 24.7. The Labute approximate surface area is 229 Å². The van der Waals surface area contributed by atoms with E-state index in [-0.39, 0.29) is 16.4 Å². The van der Waals surface area contributed by atoms with Gasteiger partial charge in [0, 0.05) is 47.8 Å². The molecule has 8 nitrogen and oxygen atoms in total. The Kier molecular flexibility index (Phi) is 13.9. The molecule has 0 aliphatic rings. The first-order chi connectivity index (χ1) is 16.9. The maximum atomic E-state index is 11.8. The van der Waals surface area contributed by atoms with Crippen molar-refractivity contribution in [1.82, 2.24) is 9.80 Å². The third kappa shape index (κ3) is 10.4. The lowest BCUT2D eigenvalue weighted by Gasteiger charge is -2.12. The quantitative estimate of drug-likeness (QED) is 0.307. The van der Waals surface area contributed by atoms with Crippen LogP contribution in [-0.4, -0.2) is 87.1 Å². The summed E-state index contributed by atoms with van der Waals surface area (Å²) in [6.45, 7) is 0. The molecule has 0 saturated heterocycles. The van der Waals surface area contributed by atoms with Gasteiger partial charge in [-0.1, -0.05) is 0 Å². The molecule has 0 unspecified atom stereocenters. The molecule has 36 heavy (non-hydrogen) atoms. The van der Waals surface area contributed by atoms with Crippen LogP contribution in [0.5, 0.6) is 0 Å². The average Bonchev–Trinajstić information content (AvgIpc) is 2.87. The van der Waals surface area contributed by atoms with Gasteiger partial charge in [-0.25, -0.2) is 9.59 Å². The van der Waals surface area contributed by atoms with E-state index < -0.39 is 5.97 Å². The van der Waals surface area contributed by atoms with Gasteiger partial charge in [-0.2, -0.15) is 0 Å². The third-order valence-electron chi connectivity index (χ3n) is 4.21. The summed E-state index contributed by atoms with van der Waals surface area (Å²) in [5.41, 5.74) is 0.914. The lowest BCUT2D eigenvalue weighted by Crippen LogP contribution is -2.16. The normalized spacial score (nSPS) is 10.0. The number of hydrogen-bond donors (Lipinski definition) is 0. The number of carbonyl (C=O) groups is 4. The van der Waals surface area contributed by atoms with E-state index in [1.54, 1.807) is 69.9 Å². The zero-order chi connectivity index (χ0) is 27.4. The van der Waals surface area contributed by atoms with Crippen LogP contribution in [0.2, 0.25) is 0 Å². The molecule has 0 heterocycles. The topological polar surface area (TPSA) is 93.2 Å². The molecule has 12 heteroatoms. The van der Waals surface area contributed by atoms with Gasteiger partial charge in [0.25, 0.3) is 10.5 Å². The van der Waals surface area contributed by atoms with Gasteiger partial charge in [-0.3, -0.25) is 9.59 Å². The molecule has 0 bridgehead atoms. The SMILES string of the molecule is COC(=O)c1cc(SC(=O)N(C)C)cc(SC(=O)N(C)C)c1.COC(=O)c1cc(SC)cc(SC)c1. The Morgan fingerprint density at radius 3 is 1.17 bits per heavy atom. The van der Waals surface area contributed by atoms with E-state index >= 15 is 0 Å².